The van der Waals surface area contributed by atoms with Crippen molar-refractivity contribution in [2.24, 2.45) is 11.3 Å². The average Bonchev–Trinajstić information content (AvgIpc) is 1.94. The van der Waals surface area contributed by atoms with E-state index in [-0.39, 0.29) is 5.82 Å². The Morgan fingerprint density at radius 1 is 1.27 bits per heavy atom. The summed E-state index contributed by atoms with van der Waals surface area (Å²) in [4.78, 5) is 3.76. The van der Waals surface area contributed by atoms with E-state index < -0.39 is 6.98 Å². The predicted molar refractivity (Wildman–Crippen MR) is 46.8 cm³/mol. The first kappa shape index (κ1) is 7.84. The number of rotatable bonds is 1. The van der Waals surface area contributed by atoms with Gasteiger partial charge in [-0.15, -0.1) is 0 Å². The molecule has 1 heterocycles. The topological polar surface area (TPSA) is 117 Å². The Kier molecular flexibility index (Phi) is 1.97. The van der Waals surface area contributed by atoms with Gasteiger partial charge >= 0.3 is 6.98 Å². The average molecular weight is 151 g/mol. The van der Waals surface area contributed by atoms with Crippen LogP contribution in [-0.4, -0.2) is 12.0 Å². The molecule has 5 nitrogen and oxygen atoms in total. The zero-order valence-electron chi connectivity index (χ0n) is 5.99. The van der Waals surface area contributed by atoms with Crippen molar-refractivity contribution in [1.29, 1.82) is 0 Å². The van der Waals surface area contributed by atoms with Gasteiger partial charge in [0.25, 0.3) is 0 Å². The maximum Gasteiger partial charge on any atom is 0.337 e. The lowest BCUT2D eigenvalue weighted by Crippen LogP contribution is -2.50. The molecule has 0 unspecified atom stereocenters. The number of hydrogen-bond acceptors (Lipinski definition) is 5. The second kappa shape index (κ2) is 2.77. The molecule has 0 saturated heterocycles. The molecule has 0 aliphatic rings. The fourth-order valence-electron chi connectivity index (χ4n) is 0.796. The van der Waals surface area contributed by atoms with Crippen molar-refractivity contribution in [3.63, 3.8) is 0 Å². The molecule has 1 aromatic heterocycles. The molecule has 0 fully saturated rings. The molecule has 11 heavy (non-hydrogen) atoms. The van der Waals surface area contributed by atoms with Crippen molar-refractivity contribution in [3.8, 4) is 0 Å². The van der Waals surface area contributed by atoms with Crippen LogP contribution in [0.2, 0.25) is 0 Å². The van der Waals surface area contributed by atoms with Gasteiger partial charge in [-0.3, -0.25) is 0 Å². The summed E-state index contributed by atoms with van der Waals surface area (Å²) in [5.74, 6) is 0.267. The van der Waals surface area contributed by atoms with Crippen molar-refractivity contribution in [1.82, 2.24) is 4.98 Å². The first-order valence-electron chi connectivity index (χ1n) is 3.14. The number of nitrogen functional groups attached to an aromatic ring is 2. The van der Waals surface area contributed by atoms with E-state index in [1.807, 2.05) is 0 Å². The molecule has 1 aromatic rings. The highest BCUT2D eigenvalue weighted by atomic mass is 14.9. The molecule has 0 amide bonds. The van der Waals surface area contributed by atoms with Crippen LogP contribution < -0.4 is 28.2 Å². The number of nitrogens with zero attached hydrogens (tertiary/aromatic N) is 1. The van der Waals surface area contributed by atoms with Crippen molar-refractivity contribution in [2.75, 3.05) is 11.5 Å². The van der Waals surface area contributed by atoms with Gasteiger partial charge in [0.1, 0.15) is 5.82 Å². The molecule has 8 N–H and O–H groups in total. The monoisotopic (exact) mass is 151 g/mol. The van der Waals surface area contributed by atoms with Crippen molar-refractivity contribution in [3.05, 3.63) is 12.3 Å². The van der Waals surface area contributed by atoms with Crippen LogP contribution in [0.1, 0.15) is 0 Å². The summed E-state index contributed by atoms with van der Waals surface area (Å²) in [5.41, 5.74) is 22.7. The summed E-state index contributed by atoms with van der Waals surface area (Å²) in [7, 11) is 0. The van der Waals surface area contributed by atoms with Gasteiger partial charge in [0.05, 0.1) is 5.69 Å². The summed E-state index contributed by atoms with van der Waals surface area (Å²) >= 11 is 0. The van der Waals surface area contributed by atoms with Crippen LogP contribution in [0.5, 0.6) is 0 Å². The Morgan fingerprint density at radius 3 is 2.36 bits per heavy atom. The SMILES string of the molecule is NB(N)c1ccnc(N)c1N. The Hall–Kier alpha value is -1.27. The smallest absolute Gasteiger partial charge is 0.337 e. The molecule has 0 aliphatic heterocycles. The minimum Gasteiger partial charge on any atom is -0.396 e. The van der Waals surface area contributed by atoms with E-state index in [0.717, 1.165) is 0 Å². The first-order valence-corrected chi connectivity index (χ1v) is 3.14. The van der Waals surface area contributed by atoms with Crippen molar-refractivity contribution in [2.45, 2.75) is 0 Å². The lowest BCUT2D eigenvalue weighted by atomic mass is 9.71. The van der Waals surface area contributed by atoms with Gasteiger partial charge < -0.3 is 22.8 Å². The summed E-state index contributed by atoms with van der Waals surface area (Å²) in [6.45, 7) is -0.597. The molecule has 0 bridgehead atoms. The Morgan fingerprint density at radius 2 is 1.91 bits per heavy atom. The van der Waals surface area contributed by atoms with Gasteiger partial charge in [-0.2, -0.15) is 0 Å². The predicted octanol–water partition coefficient (Wildman–Crippen LogP) is -2.14. The van der Waals surface area contributed by atoms with Gasteiger partial charge in [-0.05, 0) is 11.5 Å². The fourth-order valence-corrected chi connectivity index (χ4v) is 0.796. The zero-order chi connectivity index (χ0) is 8.43. The summed E-state index contributed by atoms with van der Waals surface area (Å²) < 4.78 is 0. The third-order valence-electron chi connectivity index (χ3n) is 1.41. The highest BCUT2D eigenvalue weighted by molar-refractivity contribution is 6.68. The highest BCUT2D eigenvalue weighted by Crippen LogP contribution is 2.04. The zero-order valence-corrected chi connectivity index (χ0v) is 5.99. The number of anilines is 2. The number of hydrogen-bond donors (Lipinski definition) is 4. The van der Waals surface area contributed by atoms with E-state index >= 15 is 0 Å². The lowest BCUT2D eigenvalue weighted by molar-refractivity contribution is 1.35. The normalized spacial score (nSPS) is 9.64. The quantitative estimate of drug-likeness (QED) is 0.341. The van der Waals surface area contributed by atoms with Crippen LogP contribution in [0.15, 0.2) is 12.3 Å². The Bertz CT molecular complexity index is 261. The van der Waals surface area contributed by atoms with Crippen LogP contribution in [0.3, 0.4) is 0 Å². The van der Waals surface area contributed by atoms with Crippen molar-refractivity contribution >= 4 is 24.0 Å². The third kappa shape index (κ3) is 1.41. The van der Waals surface area contributed by atoms with Crippen LogP contribution in [-0.2, 0) is 0 Å². The minimum absolute atomic E-state index is 0.267. The van der Waals surface area contributed by atoms with Gasteiger partial charge in [-0.1, -0.05) is 0 Å². The van der Waals surface area contributed by atoms with E-state index in [2.05, 4.69) is 4.98 Å². The van der Waals surface area contributed by atoms with E-state index in [1.54, 1.807) is 6.07 Å². The number of aromatic nitrogens is 1. The molecule has 0 saturated carbocycles. The Labute approximate surface area is 64.9 Å². The molecule has 0 aliphatic carbocycles. The number of pyridine rings is 1. The van der Waals surface area contributed by atoms with Crippen molar-refractivity contribution < 1.29 is 0 Å². The first-order chi connectivity index (χ1) is 5.13. The molecule has 6 heteroatoms. The fraction of sp³-hybridized carbons (Fsp3) is 0. The third-order valence-corrected chi connectivity index (χ3v) is 1.41. The molecule has 0 atom stereocenters. The van der Waals surface area contributed by atoms with E-state index in [1.165, 1.54) is 6.20 Å². The Balaban J connectivity index is 3.17. The van der Waals surface area contributed by atoms with Gasteiger partial charge in [0.15, 0.2) is 0 Å². The van der Waals surface area contributed by atoms with E-state index in [9.17, 15) is 0 Å². The maximum absolute atomic E-state index is 5.54. The summed E-state index contributed by atoms with van der Waals surface area (Å²) in [5, 5.41) is 0. The van der Waals surface area contributed by atoms with Crippen LogP contribution in [0.4, 0.5) is 11.5 Å². The van der Waals surface area contributed by atoms with Gasteiger partial charge in [-0.25, -0.2) is 4.98 Å². The molecule has 1 rings (SSSR count). The molecule has 0 spiro atoms. The molecule has 0 radical (unpaired) electrons. The maximum atomic E-state index is 5.54. The number of nitrogens with two attached hydrogens (primary N) is 4. The molecular weight excluding hydrogens is 141 g/mol. The summed E-state index contributed by atoms with van der Waals surface area (Å²) in [6.07, 6.45) is 1.52. The molecular formula is C5H10BN5. The van der Waals surface area contributed by atoms with E-state index in [4.69, 9.17) is 22.8 Å². The van der Waals surface area contributed by atoms with Crippen LogP contribution in [0.25, 0.3) is 0 Å². The van der Waals surface area contributed by atoms with Gasteiger partial charge in [0.2, 0.25) is 0 Å². The largest absolute Gasteiger partial charge is 0.396 e. The van der Waals surface area contributed by atoms with Crippen LogP contribution >= 0.6 is 0 Å². The lowest BCUT2D eigenvalue weighted by Gasteiger charge is -2.06. The molecule has 58 valence electrons. The highest BCUT2D eigenvalue weighted by Gasteiger charge is 2.11. The second-order valence-electron chi connectivity index (χ2n) is 2.22. The van der Waals surface area contributed by atoms with Gasteiger partial charge in [0, 0.05) is 6.20 Å². The standard InChI is InChI=1S/C5H10BN5/c7-4-3(6(9)10)1-2-11-5(4)8/h1-2H,7,9-10H2,(H2,8,11). The van der Waals surface area contributed by atoms with Crippen LogP contribution in [0, 0.1) is 0 Å². The minimum atomic E-state index is -0.597. The van der Waals surface area contributed by atoms with E-state index in [0.29, 0.717) is 11.2 Å². The summed E-state index contributed by atoms with van der Waals surface area (Å²) in [6, 6.07) is 1.65. The molecule has 0 aromatic carbocycles. The second-order valence-corrected chi connectivity index (χ2v) is 2.22.